The van der Waals surface area contributed by atoms with Gasteiger partial charge in [-0.3, -0.25) is 19.3 Å². The predicted octanol–water partition coefficient (Wildman–Crippen LogP) is 3.31. The van der Waals surface area contributed by atoms with Gasteiger partial charge in [0.1, 0.15) is 5.56 Å². The van der Waals surface area contributed by atoms with Crippen LogP contribution in [0.5, 0.6) is 5.88 Å². The number of aryl methyl sites for hydroxylation is 2. The molecule has 0 saturated heterocycles. The molecule has 1 aromatic heterocycles. The molecule has 0 aliphatic carbocycles. The Morgan fingerprint density at radius 2 is 1.93 bits per heavy atom. The number of aromatic hydroxyl groups is 1. The molecule has 1 heterocycles. The van der Waals surface area contributed by atoms with Crippen LogP contribution in [-0.4, -0.2) is 20.9 Å². The van der Waals surface area contributed by atoms with Crippen LogP contribution >= 0.6 is 15.9 Å². The molecular formula is C20H18BrN3O3. The van der Waals surface area contributed by atoms with E-state index in [0.29, 0.717) is 12.1 Å². The summed E-state index contributed by atoms with van der Waals surface area (Å²) in [4.78, 5) is 30.7. The highest BCUT2D eigenvalue weighted by molar-refractivity contribution is 9.10. The highest BCUT2D eigenvalue weighted by Crippen LogP contribution is 2.22. The number of aromatic nitrogens is 2. The van der Waals surface area contributed by atoms with E-state index in [2.05, 4.69) is 25.9 Å². The van der Waals surface area contributed by atoms with Crippen LogP contribution in [0, 0.1) is 6.92 Å². The monoisotopic (exact) mass is 427 g/mol. The summed E-state index contributed by atoms with van der Waals surface area (Å²) < 4.78 is 2.07. The van der Waals surface area contributed by atoms with E-state index in [9.17, 15) is 14.7 Å². The number of hydrogen-bond acceptors (Lipinski definition) is 4. The van der Waals surface area contributed by atoms with Gasteiger partial charge in [-0.25, -0.2) is 4.79 Å². The molecule has 0 aliphatic heterocycles. The van der Waals surface area contributed by atoms with Crippen molar-refractivity contribution in [1.29, 1.82) is 0 Å². The van der Waals surface area contributed by atoms with E-state index in [1.54, 1.807) is 6.07 Å². The molecule has 0 saturated carbocycles. The number of aromatic amines is 1. The number of hydrogen-bond donors (Lipinski definition) is 2. The van der Waals surface area contributed by atoms with Crippen molar-refractivity contribution in [1.82, 2.24) is 9.55 Å². The van der Waals surface area contributed by atoms with Gasteiger partial charge >= 0.3 is 5.69 Å². The Bertz CT molecular complexity index is 1100. The quantitative estimate of drug-likeness (QED) is 0.612. The van der Waals surface area contributed by atoms with Crippen molar-refractivity contribution >= 4 is 27.8 Å². The van der Waals surface area contributed by atoms with Crippen LogP contribution in [0.15, 0.2) is 67.6 Å². The Kier molecular flexibility index (Phi) is 5.71. The number of nitrogens with zero attached hydrogens (tertiary/aromatic N) is 2. The van der Waals surface area contributed by atoms with Gasteiger partial charge in [0.2, 0.25) is 5.88 Å². The van der Waals surface area contributed by atoms with Gasteiger partial charge < -0.3 is 5.11 Å². The molecule has 6 nitrogen and oxygen atoms in total. The Labute approximate surface area is 164 Å². The molecule has 2 N–H and O–H groups in total. The maximum atomic E-state index is 12.1. The Hall–Kier alpha value is -2.93. The van der Waals surface area contributed by atoms with Gasteiger partial charge in [-0.1, -0.05) is 46.3 Å². The molecule has 27 heavy (non-hydrogen) atoms. The zero-order valence-corrected chi connectivity index (χ0v) is 16.2. The number of benzene rings is 2. The molecule has 0 unspecified atom stereocenters. The van der Waals surface area contributed by atoms with E-state index in [1.165, 1.54) is 6.21 Å². The van der Waals surface area contributed by atoms with Crippen molar-refractivity contribution in [3.63, 3.8) is 0 Å². The second-order valence-electron chi connectivity index (χ2n) is 6.07. The number of rotatable bonds is 5. The minimum atomic E-state index is -0.674. The maximum Gasteiger partial charge on any atom is 0.331 e. The molecule has 7 heteroatoms. The first-order valence-corrected chi connectivity index (χ1v) is 9.15. The molecule has 0 bridgehead atoms. The second kappa shape index (κ2) is 8.18. The lowest BCUT2D eigenvalue weighted by Gasteiger charge is -2.09. The van der Waals surface area contributed by atoms with Crippen molar-refractivity contribution in [2.75, 3.05) is 0 Å². The summed E-state index contributed by atoms with van der Waals surface area (Å²) >= 11 is 3.38. The molecule has 0 spiro atoms. The summed E-state index contributed by atoms with van der Waals surface area (Å²) in [5.41, 5.74) is 1.23. The van der Waals surface area contributed by atoms with Gasteiger partial charge in [0.15, 0.2) is 0 Å². The smallest absolute Gasteiger partial charge is 0.331 e. The lowest BCUT2D eigenvalue weighted by Crippen LogP contribution is -2.32. The molecule has 0 atom stereocenters. The van der Waals surface area contributed by atoms with Crippen molar-refractivity contribution in [2.45, 2.75) is 19.9 Å². The normalized spacial score (nSPS) is 11.2. The fourth-order valence-electron chi connectivity index (χ4n) is 2.68. The van der Waals surface area contributed by atoms with Crippen LogP contribution in [0.4, 0.5) is 5.69 Å². The summed E-state index contributed by atoms with van der Waals surface area (Å²) in [6.45, 7) is 2.13. The molecule has 0 fully saturated rings. The van der Waals surface area contributed by atoms with Crippen LogP contribution in [0.25, 0.3) is 0 Å². The van der Waals surface area contributed by atoms with Crippen LogP contribution in [-0.2, 0) is 13.0 Å². The topological polar surface area (TPSA) is 87.4 Å². The van der Waals surface area contributed by atoms with E-state index in [-0.39, 0.29) is 12.1 Å². The highest BCUT2D eigenvalue weighted by atomic mass is 79.9. The molecular weight excluding hydrogens is 410 g/mol. The molecule has 0 aliphatic rings. The van der Waals surface area contributed by atoms with E-state index in [0.717, 1.165) is 20.2 Å². The summed E-state index contributed by atoms with van der Waals surface area (Å²) in [7, 11) is 0. The van der Waals surface area contributed by atoms with Gasteiger partial charge in [0.05, 0.1) is 5.69 Å². The minimum Gasteiger partial charge on any atom is -0.494 e. The van der Waals surface area contributed by atoms with E-state index in [1.807, 2.05) is 49.4 Å². The summed E-state index contributed by atoms with van der Waals surface area (Å²) in [6.07, 6.45) is 1.83. The zero-order chi connectivity index (χ0) is 19.4. The third-order valence-corrected chi connectivity index (χ3v) is 4.66. The van der Waals surface area contributed by atoms with E-state index in [4.69, 9.17) is 0 Å². The molecule has 3 rings (SSSR count). The first-order chi connectivity index (χ1) is 13.0. The number of H-pyrrole nitrogens is 1. The Balaban J connectivity index is 1.92. The van der Waals surface area contributed by atoms with Gasteiger partial charge in [0, 0.05) is 17.2 Å². The zero-order valence-electron chi connectivity index (χ0n) is 14.6. The lowest BCUT2D eigenvalue weighted by atomic mass is 10.1. The fraction of sp³-hybridized carbons (Fsp3) is 0.150. The Morgan fingerprint density at radius 1 is 1.19 bits per heavy atom. The molecule has 0 radical (unpaired) electrons. The van der Waals surface area contributed by atoms with Crippen LogP contribution in [0.2, 0.25) is 0 Å². The SMILES string of the molecule is Cc1cc(Br)ccc1N=Cc1c(O)n(CCc2ccccc2)c(=O)[nH]c1=O. The third kappa shape index (κ3) is 4.43. The molecule has 3 aromatic rings. The third-order valence-electron chi connectivity index (χ3n) is 4.17. The molecule has 138 valence electrons. The van der Waals surface area contributed by atoms with Gasteiger partial charge in [-0.15, -0.1) is 0 Å². The summed E-state index contributed by atoms with van der Waals surface area (Å²) in [6, 6.07) is 15.1. The second-order valence-corrected chi connectivity index (χ2v) is 6.99. The van der Waals surface area contributed by atoms with E-state index < -0.39 is 17.1 Å². The lowest BCUT2D eigenvalue weighted by molar-refractivity contribution is 0.399. The summed E-state index contributed by atoms with van der Waals surface area (Å²) in [5.74, 6) is -0.391. The van der Waals surface area contributed by atoms with E-state index >= 15 is 0 Å². The van der Waals surface area contributed by atoms with Crippen molar-refractivity contribution in [3.05, 3.63) is 90.5 Å². The number of halogens is 1. The molecule has 0 amide bonds. The first kappa shape index (κ1) is 18.8. The van der Waals surface area contributed by atoms with Crippen molar-refractivity contribution < 1.29 is 5.11 Å². The van der Waals surface area contributed by atoms with Crippen LogP contribution < -0.4 is 11.2 Å². The molecule has 2 aromatic carbocycles. The average Bonchev–Trinajstić information content (AvgIpc) is 2.63. The fourth-order valence-corrected chi connectivity index (χ4v) is 3.16. The minimum absolute atomic E-state index is 0.0509. The predicted molar refractivity (Wildman–Crippen MR) is 109 cm³/mol. The van der Waals surface area contributed by atoms with Gasteiger partial charge in [-0.2, -0.15) is 0 Å². The standard InChI is InChI=1S/C20H18BrN3O3/c1-13-11-15(21)7-8-17(13)22-12-16-18(25)23-20(27)24(19(16)26)10-9-14-5-3-2-4-6-14/h2-8,11-12,26H,9-10H2,1H3,(H,23,25,27). The van der Waals surface area contributed by atoms with Crippen LogP contribution in [0.1, 0.15) is 16.7 Å². The number of aliphatic imine (C=N–C) groups is 1. The highest BCUT2D eigenvalue weighted by Gasteiger charge is 2.12. The average molecular weight is 428 g/mol. The maximum absolute atomic E-state index is 12.1. The van der Waals surface area contributed by atoms with Crippen LogP contribution in [0.3, 0.4) is 0 Å². The first-order valence-electron chi connectivity index (χ1n) is 8.36. The number of nitrogens with one attached hydrogen (secondary N) is 1. The van der Waals surface area contributed by atoms with Crippen molar-refractivity contribution in [2.24, 2.45) is 4.99 Å². The van der Waals surface area contributed by atoms with Gasteiger partial charge in [-0.05, 0) is 42.7 Å². The van der Waals surface area contributed by atoms with Gasteiger partial charge in [0.25, 0.3) is 5.56 Å². The summed E-state index contributed by atoms with van der Waals surface area (Å²) in [5, 5.41) is 10.5. The van der Waals surface area contributed by atoms with Crippen molar-refractivity contribution in [3.8, 4) is 5.88 Å². The Morgan fingerprint density at radius 3 is 2.63 bits per heavy atom. The largest absolute Gasteiger partial charge is 0.494 e.